The van der Waals surface area contributed by atoms with Gasteiger partial charge in [0.05, 0.1) is 0 Å². The highest BCUT2D eigenvalue weighted by atomic mass is 35.5. The van der Waals surface area contributed by atoms with E-state index in [4.69, 9.17) is 16.3 Å². The van der Waals surface area contributed by atoms with Crippen LogP contribution in [0.2, 0.25) is 5.02 Å². The molecule has 1 rings (SSSR count). The molecule has 0 radical (unpaired) electrons. The Morgan fingerprint density at radius 1 is 1.28 bits per heavy atom. The third-order valence-electron chi connectivity index (χ3n) is 2.35. The maximum atomic E-state index is 12.2. The molecule has 18 heavy (non-hydrogen) atoms. The van der Waals surface area contributed by atoms with E-state index in [9.17, 15) is 4.79 Å². The van der Waals surface area contributed by atoms with E-state index >= 15 is 0 Å². The second kappa shape index (κ2) is 5.72. The van der Waals surface area contributed by atoms with E-state index in [-0.39, 0.29) is 5.97 Å². The average molecular weight is 270 g/mol. The second-order valence-electron chi connectivity index (χ2n) is 5.42. The van der Waals surface area contributed by atoms with Crippen LogP contribution in [0.4, 0.5) is 0 Å². The van der Waals surface area contributed by atoms with Gasteiger partial charge in [0.25, 0.3) is 0 Å². The molecule has 0 aliphatic carbocycles. The number of likely N-dealkylation sites (N-methyl/N-ethyl adjacent to an activating group) is 1. The number of hydrogen-bond donors (Lipinski definition) is 0. The van der Waals surface area contributed by atoms with Crippen molar-refractivity contribution in [3.63, 3.8) is 0 Å². The van der Waals surface area contributed by atoms with Gasteiger partial charge in [-0.3, -0.25) is 4.90 Å². The number of hydrogen-bond acceptors (Lipinski definition) is 3. The highest BCUT2D eigenvalue weighted by Crippen LogP contribution is 2.28. The Morgan fingerprint density at radius 2 is 1.83 bits per heavy atom. The topological polar surface area (TPSA) is 29.5 Å². The van der Waals surface area contributed by atoms with Gasteiger partial charge in [-0.15, -0.1) is 0 Å². The molecule has 0 spiro atoms. The summed E-state index contributed by atoms with van der Waals surface area (Å²) in [6, 6.07) is 6.84. The summed E-state index contributed by atoms with van der Waals surface area (Å²) in [6.07, 6.45) is 0. The highest BCUT2D eigenvalue weighted by molar-refractivity contribution is 6.31. The van der Waals surface area contributed by atoms with E-state index in [1.165, 1.54) is 0 Å². The predicted octanol–water partition coefficient (Wildman–Crippen LogP) is 3.28. The Labute approximate surface area is 114 Å². The average Bonchev–Trinajstić information content (AvgIpc) is 2.17. The zero-order valence-electron chi connectivity index (χ0n) is 11.5. The summed E-state index contributed by atoms with van der Waals surface area (Å²) in [5, 5.41) is 0.571. The van der Waals surface area contributed by atoms with Gasteiger partial charge in [-0.25, -0.2) is 4.79 Å². The van der Waals surface area contributed by atoms with Gasteiger partial charge < -0.3 is 4.74 Å². The molecule has 0 aliphatic rings. The normalized spacial score (nSPS) is 13.5. The van der Waals surface area contributed by atoms with E-state index in [1.54, 1.807) is 11.0 Å². The van der Waals surface area contributed by atoms with Crippen molar-refractivity contribution in [3.05, 3.63) is 34.9 Å². The molecule has 0 heterocycles. The van der Waals surface area contributed by atoms with Crippen LogP contribution in [0, 0.1) is 0 Å². The minimum absolute atomic E-state index is 0.291. The molecule has 3 nitrogen and oxygen atoms in total. The van der Waals surface area contributed by atoms with Crippen LogP contribution in [0.15, 0.2) is 24.3 Å². The molecule has 0 aromatic heterocycles. The minimum atomic E-state index is -0.507. The minimum Gasteiger partial charge on any atom is -0.459 e. The zero-order valence-corrected chi connectivity index (χ0v) is 12.3. The molecule has 0 aliphatic heterocycles. The number of carbonyl (C=O) groups is 1. The first kappa shape index (κ1) is 15.0. The monoisotopic (exact) mass is 269 g/mol. The fourth-order valence-corrected chi connectivity index (χ4v) is 1.91. The number of ether oxygens (including phenoxy) is 1. The maximum absolute atomic E-state index is 12.2. The van der Waals surface area contributed by atoms with Crippen LogP contribution in [0.25, 0.3) is 0 Å². The van der Waals surface area contributed by atoms with Crippen LogP contribution in [0.3, 0.4) is 0 Å². The van der Waals surface area contributed by atoms with Gasteiger partial charge in [0.1, 0.15) is 11.6 Å². The van der Waals surface area contributed by atoms with Crippen molar-refractivity contribution in [3.8, 4) is 0 Å². The smallest absolute Gasteiger partial charge is 0.328 e. The molecule has 1 aromatic rings. The van der Waals surface area contributed by atoms with Crippen molar-refractivity contribution in [2.75, 3.05) is 14.1 Å². The van der Waals surface area contributed by atoms with Gasteiger partial charge in [-0.1, -0.05) is 29.8 Å². The van der Waals surface area contributed by atoms with E-state index in [1.807, 2.05) is 53.1 Å². The Hall–Kier alpha value is -1.06. The summed E-state index contributed by atoms with van der Waals surface area (Å²) in [6.45, 7) is 5.55. The summed E-state index contributed by atoms with van der Waals surface area (Å²) in [5.74, 6) is -0.291. The van der Waals surface area contributed by atoms with Crippen LogP contribution in [-0.2, 0) is 9.53 Å². The van der Waals surface area contributed by atoms with Gasteiger partial charge in [-0.05, 0) is 46.5 Å². The standard InChI is InChI=1S/C14H20ClNO2/c1-14(2,3)18-13(17)12(16(4)5)10-8-6-7-9-11(10)15/h6-9,12H,1-5H3. The van der Waals surface area contributed by atoms with Crippen molar-refractivity contribution in [2.45, 2.75) is 32.4 Å². The van der Waals surface area contributed by atoms with Crippen molar-refractivity contribution >= 4 is 17.6 Å². The lowest BCUT2D eigenvalue weighted by atomic mass is 10.1. The molecule has 1 atom stereocenters. The summed E-state index contributed by atoms with van der Waals surface area (Å²) in [4.78, 5) is 14.0. The molecule has 0 bridgehead atoms. The third kappa shape index (κ3) is 4.00. The van der Waals surface area contributed by atoms with E-state index in [0.717, 1.165) is 5.56 Å². The van der Waals surface area contributed by atoms with Crippen molar-refractivity contribution in [1.82, 2.24) is 4.90 Å². The van der Waals surface area contributed by atoms with Gasteiger partial charge in [0.2, 0.25) is 0 Å². The van der Waals surface area contributed by atoms with Crippen LogP contribution in [-0.4, -0.2) is 30.6 Å². The van der Waals surface area contributed by atoms with Crippen LogP contribution < -0.4 is 0 Å². The number of halogens is 1. The molecule has 1 aromatic carbocycles. The SMILES string of the molecule is CN(C)C(C(=O)OC(C)(C)C)c1ccccc1Cl. The first-order valence-electron chi connectivity index (χ1n) is 5.86. The van der Waals surface area contributed by atoms with Crippen LogP contribution in [0.1, 0.15) is 32.4 Å². The summed E-state index contributed by atoms with van der Waals surface area (Å²) >= 11 is 6.14. The fourth-order valence-electron chi connectivity index (χ4n) is 1.67. The van der Waals surface area contributed by atoms with Crippen LogP contribution >= 0.6 is 11.6 Å². The molecule has 0 fully saturated rings. The van der Waals surface area contributed by atoms with Gasteiger partial charge >= 0.3 is 5.97 Å². The van der Waals surface area contributed by atoms with E-state index in [2.05, 4.69) is 0 Å². The summed E-state index contributed by atoms with van der Waals surface area (Å²) < 4.78 is 5.43. The number of carbonyl (C=O) groups excluding carboxylic acids is 1. The fraction of sp³-hybridized carbons (Fsp3) is 0.500. The van der Waals surface area contributed by atoms with Gasteiger partial charge in [-0.2, -0.15) is 0 Å². The second-order valence-corrected chi connectivity index (χ2v) is 5.83. The summed E-state index contributed by atoms with van der Waals surface area (Å²) in [5.41, 5.74) is 0.255. The maximum Gasteiger partial charge on any atom is 0.328 e. The third-order valence-corrected chi connectivity index (χ3v) is 2.69. The summed E-state index contributed by atoms with van der Waals surface area (Å²) in [7, 11) is 3.66. The lowest BCUT2D eigenvalue weighted by Gasteiger charge is -2.28. The number of rotatable bonds is 3. The number of nitrogens with zero attached hydrogens (tertiary/aromatic N) is 1. The first-order chi connectivity index (χ1) is 8.22. The molecular weight excluding hydrogens is 250 g/mol. The number of benzene rings is 1. The lowest BCUT2D eigenvalue weighted by Crippen LogP contribution is -2.34. The Balaban J connectivity index is 3.05. The molecule has 4 heteroatoms. The largest absolute Gasteiger partial charge is 0.459 e. The molecule has 0 saturated heterocycles. The van der Waals surface area contributed by atoms with E-state index < -0.39 is 11.6 Å². The lowest BCUT2D eigenvalue weighted by molar-refractivity contribution is -0.160. The molecule has 0 saturated carbocycles. The van der Waals surface area contributed by atoms with Gasteiger partial charge in [0, 0.05) is 5.02 Å². The number of esters is 1. The van der Waals surface area contributed by atoms with E-state index in [0.29, 0.717) is 5.02 Å². The molecule has 0 amide bonds. The van der Waals surface area contributed by atoms with Crippen LogP contribution in [0.5, 0.6) is 0 Å². The molecule has 0 N–H and O–H groups in total. The molecular formula is C14H20ClNO2. The Bertz CT molecular complexity index is 424. The Morgan fingerprint density at radius 3 is 2.28 bits per heavy atom. The Kier molecular flexibility index (Phi) is 4.77. The van der Waals surface area contributed by atoms with Crippen molar-refractivity contribution in [1.29, 1.82) is 0 Å². The van der Waals surface area contributed by atoms with Crippen molar-refractivity contribution in [2.24, 2.45) is 0 Å². The quantitative estimate of drug-likeness (QED) is 0.789. The van der Waals surface area contributed by atoms with Gasteiger partial charge in [0.15, 0.2) is 0 Å². The predicted molar refractivity (Wildman–Crippen MR) is 73.7 cm³/mol. The molecule has 1 unspecified atom stereocenters. The first-order valence-corrected chi connectivity index (χ1v) is 6.24. The molecule has 100 valence electrons. The zero-order chi connectivity index (χ0) is 13.9. The highest BCUT2D eigenvalue weighted by Gasteiger charge is 2.29. The van der Waals surface area contributed by atoms with Crippen molar-refractivity contribution < 1.29 is 9.53 Å².